The monoisotopic (exact) mass is 273 g/mol. The molecule has 0 amide bonds. The first-order valence-electron chi connectivity index (χ1n) is 6.20. The number of para-hydroxylation sites is 1. The number of hydrogen-bond acceptors (Lipinski definition) is 3. The van der Waals surface area contributed by atoms with Crippen LogP contribution in [0.2, 0.25) is 0 Å². The maximum atomic E-state index is 11.5. The number of aromatic nitrogens is 1. The maximum absolute atomic E-state index is 11.5. The molecule has 2 aromatic rings. The Morgan fingerprint density at radius 3 is 2.65 bits per heavy atom. The second kappa shape index (κ2) is 6.06. The molecule has 0 aliphatic rings. The number of aryl methyl sites for hydroxylation is 1. The van der Waals surface area contributed by atoms with Gasteiger partial charge in [-0.05, 0) is 19.1 Å². The van der Waals surface area contributed by atoms with E-state index in [0.29, 0.717) is 18.8 Å². The van der Waals surface area contributed by atoms with Gasteiger partial charge in [-0.15, -0.1) is 0 Å². The summed E-state index contributed by atoms with van der Waals surface area (Å²) in [7, 11) is 0. The van der Waals surface area contributed by atoms with E-state index in [1.807, 2.05) is 30.3 Å². The van der Waals surface area contributed by atoms with Gasteiger partial charge in [-0.25, -0.2) is 4.79 Å². The molecule has 1 heterocycles. The fourth-order valence-corrected chi connectivity index (χ4v) is 1.85. The van der Waals surface area contributed by atoms with Gasteiger partial charge >= 0.3 is 5.97 Å². The smallest absolute Gasteiger partial charge is 0.341 e. The average molecular weight is 273 g/mol. The Labute approximate surface area is 116 Å². The van der Waals surface area contributed by atoms with Crippen molar-refractivity contribution in [2.24, 2.45) is 0 Å². The zero-order valence-electron chi connectivity index (χ0n) is 11.1. The van der Waals surface area contributed by atoms with Gasteiger partial charge in [-0.2, -0.15) is 0 Å². The Bertz CT molecular complexity index is 661. The predicted octanol–water partition coefficient (Wildman–Crippen LogP) is 1.93. The molecule has 2 rings (SSSR count). The van der Waals surface area contributed by atoms with E-state index in [0.717, 1.165) is 5.75 Å². The molecule has 0 saturated carbocycles. The minimum atomic E-state index is -1.22. The van der Waals surface area contributed by atoms with Gasteiger partial charge in [-0.1, -0.05) is 18.2 Å². The first-order valence-corrected chi connectivity index (χ1v) is 6.20. The van der Waals surface area contributed by atoms with Crippen LogP contribution in [-0.2, 0) is 6.54 Å². The summed E-state index contributed by atoms with van der Waals surface area (Å²) >= 11 is 0. The van der Waals surface area contributed by atoms with Crippen LogP contribution in [0.1, 0.15) is 16.1 Å². The van der Waals surface area contributed by atoms with Gasteiger partial charge < -0.3 is 14.4 Å². The molecule has 5 heteroatoms. The summed E-state index contributed by atoms with van der Waals surface area (Å²) < 4.78 is 7.25. The molecule has 0 unspecified atom stereocenters. The highest BCUT2D eigenvalue weighted by Gasteiger charge is 2.10. The zero-order chi connectivity index (χ0) is 14.5. The van der Waals surface area contributed by atoms with E-state index in [2.05, 4.69) is 0 Å². The van der Waals surface area contributed by atoms with Crippen LogP contribution in [0, 0.1) is 6.92 Å². The molecular formula is C15H15NO4. The Kier molecular flexibility index (Phi) is 4.20. The van der Waals surface area contributed by atoms with E-state index < -0.39 is 11.4 Å². The fraction of sp³-hybridized carbons (Fsp3) is 0.200. The van der Waals surface area contributed by atoms with E-state index in [-0.39, 0.29) is 5.56 Å². The summed E-state index contributed by atoms with van der Waals surface area (Å²) in [5.41, 5.74) is 0.00204. The number of carboxylic acids is 1. The minimum absolute atomic E-state index is 0.227. The highest BCUT2D eigenvalue weighted by atomic mass is 16.5. The topological polar surface area (TPSA) is 68.5 Å². The molecule has 0 radical (unpaired) electrons. The van der Waals surface area contributed by atoms with E-state index in [9.17, 15) is 9.59 Å². The fourth-order valence-electron chi connectivity index (χ4n) is 1.85. The Morgan fingerprint density at radius 2 is 2.00 bits per heavy atom. The van der Waals surface area contributed by atoms with Crippen LogP contribution in [0.5, 0.6) is 5.75 Å². The molecule has 104 valence electrons. The SMILES string of the molecule is Cc1cc(=O)c(C(=O)O)cn1CCOc1ccccc1. The number of aromatic carboxylic acids is 1. The normalized spacial score (nSPS) is 10.2. The van der Waals surface area contributed by atoms with Gasteiger partial charge in [0.05, 0.1) is 6.54 Å². The molecule has 1 aromatic heterocycles. The largest absolute Gasteiger partial charge is 0.492 e. The predicted molar refractivity (Wildman–Crippen MR) is 74.3 cm³/mol. The second-order valence-corrected chi connectivity index (χ2v) is 4.35. The number of carbonyl (C=O) groups is 1. The maximum Gasteiger partial charge on any atom is 0.341 e. The summed E-state index contributed by atoms with van der Waals surface area (Å²) in [5, 5.41) is 8.94. The Balaban J connectivity index is 2.08. The first-order chi connectivity index (χ1) is 9.58. The Hall–Kier alpha value is -2.56. The molecule has 0 aliphatic heterocycles. The van der Waals surface area contributed by atoms with Crippen molar-refractivity contribution in [1.82, 2.24) is 4.57 Å². The molecule has 20 heavy (non-hydrogen) atoms. The van der Waals surface area contributed by atoms with Crippen LogP contribution >= 0.6 is 0 Å². The number of rotatable bonds is 5. The summed E-state index contributed by atoms with van der Waals surface area (Å²) in [6.07, 6.45) is 1.36. The van der Waals surface area contributed by atoms with Gasteiger partial charge in [0.2, 0.25) is 0 Å². The van der Waals surface area contributed by atoms with Crippen molar-refractivity contribution in [3.8, 4) is 5.75 Å². The van der Waals surface area contributed by atoms with Crippen LogP contribution < -0.4 is 10.2 Å². The van der Waals surface area contributed by atoms with E-state index in [1.54, 1.807) is 11.5 Å². The lowest BCUT2D eigenvalue weighted by Crippen LogP contribution is -2.20. The number of carboxylic acid groups (broad SMARTS) is 1. The molecule has 0 atom stereocenters. The molecule has 1 aromatic carbocycles. The second-order valence-electron chi connectivity index (χ2n) is 4.35. The van der Waals surface area contributed by atoms with Gasteiger partial charge in [0.1, 0.15) is 17.9 Å². The molecule has 0 bridgehead atoms. The summed E-state index contributed by atoms with van der Waals surface area (Å²) in [5.74, 6) is -0.461. The third-order valence-corrected chi connectivity index (χ3v) is 2.92. The van der Waals surface area contributed by atoms with Crippen molar-refractivity contribution in [2.45, 2.75) is 13.5 Å². The van der Waals surface area contributed by atoms with Gasteiger partial charge in [-0.3, -0.25) is 4.79 Å². The molecule has 0 fully saturated rings. The van der Waals surface area contributed by atoms with Crippen molar-refractivity contribution < 1.29 is 14.6 Å². The van der Waals surface area contributed by atoms with Crippen molar-refractivity contribution in [2.75, 3.05) is 6.61 Å². The first kappa shape index (κ1) is 13.9. The van der Waals surface area contributed by atoms with Crippen LogP contribution in [0.3, 0.4) is 0 Å². The van der Waals surface area contributed by atoms with E-state index >= 15 is 0 Å². The third kappa shape index (κ3) is 3.26. The molecule has 0 spiro atoms. The number of benzene rings is 1. The van der Waals surface area contributed by atoms with E-state index in [1.165, 1.54) is 12.3 Å². The Morgan fingerprint density at radius 1 is 1.30 bits per heavy atom. The van der Waals surface area contributed by atoms with Crippen molar-refractivity contribution in [3.05, 3.63) is 64.1 Å². The zero-order valence-corrected chi connectivity index (χ0v) is 11.1. The molecule has 1 N–H and O–H groups in total. The van der Waals surface area contributed by atoms with Crippen LogP contribution in [0.25, 0.3) is 0 Å². The van der Waals surface area contributed by atoms with Crippen LogP contribution in [0.4, 0.5) is 0 Å². The van der Waals surface area contributed by atoms with Gasteiger partial charge in [0, 0.05) is 18.0 Å². The molecule has 0 saturated heterocycles. The molecular weight excluding hydrogens is 258 g/mol. The van der Waals surface area contributed by atoms with E-state index in [4.69, 9.17) is 9.84 Å². The average Bonchev–Trinajstić information content (AvgIpc) is 2.42. The van der Waals surface area contributed by atoms with Crippen molar-refractivity contribution >= 4 is 5.97 Å². The van der Waals surface area contributed by atoms with Crippen molar-refractivity contribution in [1.29, 1.82) is 0 Å². The van der Waals surface area contributed by atoms with Gasteiger partial charge in [0.25, 0.3) is 0 Å². The van der Waals surface area contributed by atoms with Crippen LogP contribution in [0.15, 0.2) is 47.4 Å². The summed E-state index contributed by atoms with van der Waals surface area (Å²) in [6.45, 7) is 2.63. The number of ether oxygens (including phenoxy) is 1. The minimum Gasteiger partial charge on any atom is -0.492 e. The molecule has 0 aliphatic carbocycles. The lowest BCUT2D eigenvalue weighted by Gasteiger charge is -2.12. The van der Waals surface area contributed by atoms with Crippen molar-refractivity contribution in [3.63, 3.8) is 0 Å². The lowest BCUT2D eigenvalue weighted by atomic mass is 10.2. The summed E-state index contributed by atoms with van der Waals surface area (Å²) in [4.78, 5) is 22.4. The van der Waals surface area contributed by atoms with Gasteiger partial charge in [0.15, 0.2) is 5.43 Å². The third-order valence-electron chi connectivity index (χ3n) is 2.92. The molecule has 5 nitrogen and oxygen atoms in total. The van der Waals surface area contributed by atoms with Crippen LogP contribution in [-0.4, -0.2) is 22.2 Å². The highest BCUT2D eigenvalue weighted by molar-refractivity contribution is 5.87. The number of pyridine rings is 1. The lowest BCUT2D eigenvalue weighted by molar-refractivity contribution is 0.0694. The number of nitrogens with zero attached hydrogens (tertiary/aromatic N) is 1. The standard InChI is InChI=1S/C15H15NO4/c1-11-9-14(17)13(15(18)19)10-16(11)7-8-20-12-5-3-2-4-6-12/h2-6,9-10H,7-8H2,1H3,(H,18,19). The number of hydrogen-bond donors (Lipinski definition) is 1. The quantitative estimate of drug-likeness (QED) is 0.903. The summed E-state index contributed by atoms with van der Waals surface area (Å²) in [6, 6.07) is 10.7. The highest BCUT2D eigenvalue weighted by Crippen LogP contribution is 2.08.